The van der Waals surface area contributed by atoms with Gasteiger partial charge in [-0.25, -0.2) is 4.79 Å². The van der Waals surface area contributed by atoms with Crippen LogP contribution in [0.2, 0.25) is 0 Å². The number of allylic oxidation sites excluding steroid dienone is 6. The summed E-state index contributed by atoms with van der Waals surface area (Å²) in [4.78, 5) is 30.4. The molecule has 2 amide bonds. The van der Waals surface area contributed by atoms with Crippen molar-refractivity contribution in [2.45, 2.75) is 38.0 Å². The van der Waals surface area contributed by atoms with Gasteiger partial charge in [-0.2, -0.15) is 13.2 Å². The van der Waals surface area contributed by atoms with Crippen molar-refractivity contribution < 1.29 is 32.3 Å². The highest BCUT2D eigenvalue weighted by molar-refractivity contribution is 5.77. The van der Waals surface area contributed by atoms with Crippen LogP contribution in [0, 0.1) is 0 Å². The second kappa shape index (κ2) is 7.41. The van der Waals surface area contributed by atoms with E-state index in [4.69, 9.17) is 9.57 Å². The lowest BCUT2D eigenvalue weighted by Crippen LogP contribution is -2.36. The zero-order valence-electron chi connectivity index (χ0n) is 15.3. The van der Waals surface area contributed by atoms with Crippen molar-refractivity contribution in [2.75, 3.05) is 13.1 Å². The first-order valence-electron chi connectivity index (χ1n) is 9.17. The Bertz CT molecular complexity index is 899. The van der Waals surface area contributed by atoms with E-state index < -0.39 is 30.7 Å². The number of nitrogens with zero attached hydrogens (tertiary/aromatic N) is 2. The predicted octanol–water partition coefficient (Wildman–Crippen LogP) is 3.08. The average molecular weight is 409 g/mol. The van der Waals surface area contributed by atoms with E-state index in [1.807, 2.05) is 18.2 Å². The summed E-state index contributed by atoms with van der Waals surface area (Å²) in [6.07, 6.45) is 2.13. The molecule has 0 radical (unpaired) electrons. The van der Waals surface area contributed by atoms with Gasteiger partial charge in [0.05, 0.1) is 13.1 Å². The number of rotatable bonds is 4. The molecule has 29 heavy (non-hydrogen) atoms. The van der Waals surface area contributed by atoms with Crippen molar-refractivity contribution >= 4 is 18.2 Å². The first kappa shape index (κ1) is 19.3. The van der Waals surface area contributed by atoms with Gasteiger partial charge >= 0.3 is 12.3 Å². The average Bonchev–Trinajstić information content (AvgIpc) is 3.11. The largest absolute Gasteiger partial charge is 0.442 e. The molecule has 4 rings (SSSR count). The van der Waals surface area contributed by atoms with E-state index >= 15 is 0 Å². The Morgan fingerprint density at radius 3 is 2.93 bits per heavy atom. The fraction of sp³-hybridized carbons (Fsp3) is 0.421. The Balaban J connectivity index is 1.42. The number of carbonyl (C=O) groups excluding carboxylic acids is 2. The summed E-state index contributed by atoms with van der Waals surface area (Å²) in [5.74, 6) is -0.439. The molecule has 2 aliphatic carbocycles. The molecule has 10 heteroatoms. The van der Waals surface area contributed by atoms with Crippen LogP contribution in [0.4, 0.5) is 18.0 Å². The molecular formula is C19H18F3N3O4. The molecule has 0 spiro atoms. The van der Waals surface area contributed by atoms with Crippen molar-refractivity contribution in [3.8, 4) is 0 Å². The first-order chi connectivity index (χ1) is 13.8. The van der Waals surface area contributed by atoms with Crippen molar-refractivity contribution in [1.82, 2.24) is 10.2 Å². The molecule has 1 fully saturated rings. The summed E-state index contributed by atoms with van der Waals surface area (Å²) < 4.78 is 41.9. The van der Waals surface area contributed by atoms with Crippen molar-refractivity contribution in [2.24, 2.45) is 5.16 Å². The highest BCUT2D eigenvalue weighted by Gasteiger charge is 2.36. The fourth-order valence-corrected chi connectivity index (χ4v) is 3.67. The van der Waals surface area contributed by atoms with Gasteiger partial charge in [0.2, 0.25) is 5.91 Å². The van der Waals surface area contributed by atoms with E-state index in [0.717, 1.165) is 23.1 Å². The van der Waals surface area contributed by atoms with Crippen molar-refractivity contribution in [1.29, 1.82) is 0 Å². The smallest absolute Gasteiger partial charge is 0.414 e. The van der Waals surface area contributed by atoms with Crippen LogP contribution in [0.5, 0.6) is 0 Å². The summed E-state index contributed by atoms with van der Waals surface area (Å²) in [5, 5.41) is 5.98. The van der Waals surface area contributed by atoms with Gasteiger partial charge < -0.3 is 14.9 Å². The molecule has 0 aromatic rings. The number of cyclic esters (lactones) is 1. The maximum Gasteiger partial charge on any atom is 0.414 e. The van der Waals surface area contributed by atoms with E-state index in [1.165, 1.54) is 4.90 Å². The number of oxime groups is 1. The lowest BCUT2D eigenvalue weighted by Gasteiger charge is -2.14. The molecule has 4 aliphatic rings. The topological polar surface area (TPSA) is 80.2 Å². The minimum Gasteiger partial charge on any atom is -0.442 e. The molecule has 1 atom stereocenters. The highest BCUT2D eigenvalue weighted by Crippen LogP contribution is 2.40. The van der Waals surface area contributed by atoms with E-state index in [-0.39, 0.29) is 13.1 Å². The van der Waals surface area contributed by atoms with Crippen LogP contribution in [-0.4, -0.2) is 48.5 Å². The van der Waals surface area contributed by atoms with Gasteiger partial charge in [-0.3, -0.25) is 9.69 Å². The van der Waals surface area contributed by atoms with Gasteiger partial charge in [-0.05, 0) is 36.1 Å². The van der Waals surface area contributed by atoms with E-state index in [1.54, 1.807) is 6.21 Å². The normalized spacial score (nSPS) is 23.4. The molecule has 0 unspecified atom stereocenters. The number of amides is 2. The molecule has 1 saturated heterocycles. The van der Waals surface area contributed by atoms with Crippen LogP contribution < -0.4 is 5.32 Å². The molecule has 2 heterocycles. The summed E-state index contributed by atoms with van der Waals surface area (Å²) in [5.41, 5.74) is 3.84. The molecule has 7 nitrogen and oxygen atoms in total. The number of halogens is 3. The van der Waals surface area contributed by atoms with Crippen LogP contribution in [0.25, 0.3) is 0 Å². The summed E-state index contributed by atoms with van der Waals surface area (Å²) >= 11 is 0. The standard InChI is InChI=1S/C19H18F3N3O4/c20-19(21,22)8-17(26)23-9-13-10-25(18(27)28-13)12-2-1-3-14-11(6-12)7-16-15(14)4-5-24-29-16/h2,5-7,13H,1,3-4,8-10H2,(H,23,26)/t13-/m0/s1. The number of carbonyl (C=O) groups is 2. The van der Waals surface area contributed by atoms with Crippen LogP contribution in [-0.2, 0) is 14.4 Å². The second-order valence-electron chi connectivity index (χ2n) is 7.03. The number of ether oxygens (including phenoxy) is 1. The van der Waals surface area contributed by atoms with Crippen LogP contribution in [0.3, 0.4) is 0 Å². The summed E-state index contributed by atoms with van der Waals surface area (Å²) in [7, 11) is 0. The predicted molar refractivity (Wildman–Crippen MR) is 95.4 cm³/mol. The fourth-order valence-electron chi connectivity index (χ4n) is 3.67. The molecule has 1 N–H and O–H groups in total. The van der Waals surface area contributed by atoms with Gasteiger partial charge in [-0.1, -0.05) is 11.2 Å². The molecule has 0 aromatic carbocycles. The SMILES string of the molecule is O=C(CC(F)(F)F)NC[C@H]1CN(C2=CCCC3=C4CC=NOC4=CC3=C2)C(=O)O1. The molecule has 0 bridgehead atoms. The zero-order valence-corrected chi connectivity index (χ0v) is 15.3. The van der Waals surface area contributed by atoms with Crippen molar-refractivity contribution in [3.05, 3.63) is 46.4 Å². The minimum atomic E-state index is -4.58. The van der Waals surface area contributed by atoms with Crippen LogP contribution in [0.1, 0.15) is 25.7 Å². The second-order valence-corrected chi connectivity index (χ2v) is 7.03. The monoisotopic (exact) mass is 409 g/mol. The van der Waals surface area contributed by atoms with Crippen molar-refractivity contribution in [3.63, 3.8) is 0 Å². The third-order valence-corrected chi connectivity index (χ3v) is 4.94. The highest BCUT2D eigenvalue weighted by atomic mass is 19.4. The number of hydrogen-bond acceptors (Lipinski definition) is 5. The molecule has 2 aliphatic heterocycles. The van der Waals surface area contributed by atoms with Gasteiger partial charge in [0.1, 0.15) is 12.5 Å². The Morgan fingerprint density at radius 2 is 2.14 bits per heavy atom. The lowest BCUT2D eigenvalue weighted by atomic mass is 10.0. The van der Waals surface area contributed by atoms with E-state index in [2.05, 4.69) is 10.5 Å². The third-order valence-electron chi connectivity index (χ3n) is 4.94. The quantitative estimate of drug-likeness (QED) is 0.774. The number of fused-ring (bicyclic) bond motifs is 2. The Kier molecular flexibility index (Phi) is 4.93. The number of nitrogens with one attached hydrogen (secondary N) is 1. The maximum absolute atomic E-state index is 12.3. The van der Waals surface area contributed by atoms with E-state index in [0.29, 0.717) is 24.3 Å². The molecular weight excluding hydrogens is 391 g/mol. The van der Waals surface area contributed by atoms with Gasteiger partial charge in [0.25, 0.3) is 0 Å². The first-order valence-corrected chi connectivity index (χ1v) is 9.17. The van der Waals surface area contributed by atoms with Crippen LogP contribution >= 0.6 is 0 Å². The number of alkyl halides is 3. The lowest BCUT2D eigenvalue weighted by molar-refractivity contribution is -0.154. The van der Waals surface area contributed by atoms with Gasteiger partial charge in [0, 0.05) is 23.9 Å². The zero-order chi connectivity index (χ0) is 20.6. The summed E-state index contributed by atoms with van der Waals surface area (Å²) in [6.45, 7) is -0.0334. The Morgan fingerprint density at radius 1 is 1.31 bits per heavy atom. The molecule has 154 valence electrons. The third kappa shape index (κ3) is 4.20. The summed E-state index contributed by atoms with van der Waals surface area (Å²) in [6, 6.07) is 0. The van der Waals surface area contributed by atoms with Gasteiger partial charge in [-0.15, -0.1) is 0 Å². The molecule has 0 aromatic heterocycles. The van der Waals surface area contributed by atoms with Crippen LogP contribution in [0.15, 0.2) is 51.6 Å². The Labute approximate surface area is 164 Å². The van der Waals surface area contributed by atoms with Gasteiger partial charge in [0.15, 0.2) is 5.76 Å². The maximum atomic E-state index is 12.3. The molecule has 0 saturated carbocycles. The number of hydrogen-bond donors (Lipinski definition) is 1. The van der Waals surface area contributed by atoms with E-state index in [9.17, 15) is 22.8 Å². The Hall–Kier alpha value is -3.04. The minimum absolute atomic E-state index is 0.142.